The van der Waals surface area contributed by atoms with Crippen LogP contribution in [0.3, 0.4) is 0 Å². The van der Waals surface area contributed by atoms with Gasteiger partial charge in [-0.15, -0.1) is 0 Å². The Morgan fingerprint density at radius 1 is 1.12 bits per heavy atom. The van der Waals surface area contributed by atoms with Gasteiger partial charge in [0.1, 0.15) is 5.52 Å². The maximum absolute atomic E-state index is 11.4. The van der Waals surface area contributed by atoms with Crippen LogP contribution in [0.2, 0.25) is 0 Å². The van der Waals surface area contributed by atoms with Gasteiger partial charge in [-0.25, -0.2) is 4.98 Å². The van der Waals surface area contributed by atoms with E-state index < -0.39 is 0 Å². The van der Waals surface area contributed by atoms with Gasteiger partial charge in [-0.1, -0.05) is 30.3 Å². The Labute approximate surface area is 193 Å². The van der Waals surface area contributed by atoms with E-state index in [1.807, 2.05) is 11.1 Å². The highest BCUT2D eigenvalue weighted by molar-refractivity contribution is 6.08. The minimum absolute atomic E-state index is 0.102. The predicted octanol–water partition coefficient (Wildman–Crippen LogP) is 3.87. The highest BCUT2D eigenvalue weighted by Gasteiger charge is 2.22. The number of hydrogen-bond donors (Lipinski definition) is 2. The summed E-state index contributed by atoms with van der Waals surface area (Å²) in [6, 6.07) is 15.2. The smallest absolute Gasteiger partial charge is 0.210 e. The van der Waals surface area contributed by atoms with Crippen LogP contribution in [0.5, 0.6) is 0 Å². The van der Waals surface area contributed by atoms with Crippen molar-refractivity contribution in [3.05, 3.63) is 76.5 Å². The Bertz CT molecular complexity index is 1350. The maximum Gasteiger partial charge on any atom is 0.210 e. The number of hydrogen-bond acceptors (Lipinski definition) is 5. The number of benzene rings is 2. The fourth-order valence-electron chi connectivity index (χ4n) is 4.84. The number of carbonyl (C=O) groups is 1. The van der Waals surface area contributed by atoms with Crippen LogP contribution in [0, 0.1) is 13.8 Å². The highest BCUT2D eigenvalue weighted by atomic mass is 16.1. The molecule has 6 nitrogen and oxygen atoms in total. The normalized spacial score (nSPS) is 16.4. The van der Waals surface area contributed by atoms with Crippen molar-refractivity contribution in [1.29, 1.82) is 0 Å². The minimum Gasteiger partial charge on any atom is -0.382 e. The number of piperazine rings is 1. The van der Waals surface area contributed by atoms with Gasteiger partial charge in [-0.2, -0.15) is 0 Å². The van der Waals surface area contributed by atoms with Crippen molar-refractivity contribution in [2.24, 2.45) is 0 Å². The zero-order valence-corrected chi connectivity index (χ0v) is 19.1. The highest BCUT2D eigenvalue weighted by Crippen LogP contribution is 2.29. The van der Waals surface area contributed by atoms with Crippen LogP contribution in [0.1, 0.15) is 33.9 Å². The number of nitrogen functional groups attached to an aromatic ring is 1. The van der Waals surface area contributed by atoms with Crippen LogP contribution in [0.4, 0.5) is 5.82 Å². The molecule has 168 valence electrons. The number of anilines is 1. The van der Waals surface area contributed by atoms with Gasteiger partial charge in [0.25, 0.3) is 0 Å². The van der Waals surface area contributed by atoms with Crippen LogP contribution in [-0.2, 0) is 17.6 Å². The third kappa shape index (κ3) is 4.14. The number of rotatable bonds is 5. The summed E-state index contributed by atoms with van der Waals surface area (Å²) in [4.78, 5) is 22.5. The molecule has 1 atom stereocenters. The quantitative estimate of drug-likeness (QED) is 0.364. The molecule has 1 unspecified atom stereocenters. The number of nitrogens with one attached hydrogen (secondary N) is 1. The van der Waals surface area contributed by atoms with E-state index in [2.05, 4.69) is 71.6 Å². The Morgan fingerprint density at radius 2 is 2.00 bits per heavy atom. The second kappa shape index (κ2) is 8.79. The van der Waals surface area contributed by atoms with E-state index in [1.54, 1.807) is 0 Å². The van der Waals surface area contributed by atoms with E-state index >= 15 is 0 Å². The van der Waals surface area contributed by atoms with Crippen LogP contribution in [0.15, 0.2) is 48.7 Å². The summed E-state index contributed by atoms with van der Waals surface area (Å²) in [6.45, 7) is 6.61. The zero-order chi connectivity index (χ0) is 22.9. The zero-order valence-electron chi connectivity index (χ0n) is 19.1. The lowest BCUT2D eigenvalue weighted by Gasteiger charge is -2.34. The number of aryl methyl sites for hydroxylation is 4. The van der Waals surface area contributed by atoms with Crippen LogP contribution in [-0.4, -0.2) is 40.9 Å². The van der Waals surface area contributed by atoms with Crippen LogP contribution < -0.4 is 11.1 Å². The van der Waals surface area contributed by atoms with Gasteiger partial charge in [0.2, 0.25) is 6.41 Å². The summed E-state index contributed by atoms with van der Waals surface area (Å²) in [5.74, 6) is 0.475. The number of pyridine rings is 2. The third-order valence-corrected chi connectivity index (χ3v) is 6.73. The summed E-state index contributed by atoms with van der Waals surface area (Å²) in [5, 5.41) is 5.53. The molecule has 0 bridgehead atoms. The van der Waals surface area contributed by atoms with Gasteiger partial charge < -0.3 is 16.0 Å². The maximum atomic E-state index is 11.4. The van der Waals surface area contributed by atoms with Crippen molar-refractivity contribution in [1.82, 2.24) is 20.2 Å². The van der Waals surface area contributed by atoms with Gasteiger partial charge in [0.15, 0.2) is 5.82 Å². The van der Waals surface area contributed by atoms with E-state index in [9.17, 15) is 4.79 Å². The van der Waals surface area contributed by atoms with Crippen molar-refractivity contribution in [2.45, 2.75) is 32.7 Å². The molecule has 3 N–H and O–H groups in total. The fourth-order valence-corrected chi connectivity index (χ4v) is 4.84. The lowest BCUT2D eigenvalue weighted by molar-refractivity contribution is -0.121. The first kappa shape index (κ1) is 21.3. The molecular formula is C27H29N5O. The van der Waals surface area contributed by atoms with Gasteiger partial charge >= 0.3 is 0 Å². The SMILES string of the molecule is Cc1ccc2c(c1)nc(N)c1ncc(CCc3ccc(C4CNCCN4C=O)cc3C)cc12. The van der Waals surface area contributed by atoms with Gasteiger partial charge in [-0.3, -0.25) is 9.78 Å². The Kier molecular flexibility index (Phi) is 5.68. The molecule has 0 radical (unpaired) electrons. The molecule has 0 aliphatic carbocycles. The summed E-state index contributed by atoms with van der Waals surface area (Å²) < 4.78 is 0. The van der Waals surface area contributed by atoms with Crippen LogP contribution >= 0.6 is 0 Å². The third-order valence-electron chi connectivity index (χ3n) is 6.73. The monoisotopic (exact) mass is 439 g/mol. The van der Waals surface area contributed by atoms with Crippen molar-refractivity contribution in [3.63, 3.8) is 0 Å². The van der Waals surface area contributed by atoms with Gasteiger partial charge in [-0.05, 0) is 66.6 Å². The number of aromatic nitrogens is 2. The van der Waals surface area contributed by atoms with E-state index in [-0.39, 0.29) is 6.04 Å². The molecule has 1 fully saturated rings. The van der Waals surface area contributed by atoms with E-state index in [0.717, 1.165) is 66.3 Å². The number of nitrogens with zero attached hydrogens (tertiary/aromatic N) is 3. The van der Waals surface area contributed by atoms with Crippen molar-refractivity contribution >= 4 is 34.0 Å². The molecule has 0 saturated carbocycles. The van der Waals surface area contributed by atoms with Crippen molar-refractivity contribution < 1.29 is 4.79 Å². The Morgan fingerprint density at radius 3 is 2.82 bits per heavy atom. The fraction of sp³-hybridized carbons (Fsp3) is 0.296. The molecular weight excluding hydrogens is 410 g/mol. The topological polar surface area (TPSA) is 84.1 Å². The number of fused-ring (bicyclic) bond motifs is 3. The molecule has 33 heavy (non-hydrogen) atoms. The molecule has 1 saturated heterocycles. The second-order valence-corrected chi connectivity index (χ2v) is 9.01. The Balaban J connectivity index is 1.39. The number of nitrogens with two attached hydrogens (primary N) is 1. The first-order chi connectivity index (χ1) is 16.0. The summed E-state index contributed by atoms with van der Waals surface area (Å²) in [6.07, 6.45) is 4.70. The first-order valence-corrected chi connectivity index (χ1v) is 11.5. The first-order valence-electron chi connectivity index (χ1n) is 11.5. The summed E-state index contributed by atoms with van der Waals surface area (Å²) in [5.41, 5.74) is 14.0. The molecule has 1 aliphatic heterocycles. The van der Waals surface area contributed by atoms with E-state index in [1.165, 1.54) is 22.3 Å². The number of carbonyl (C=O) groups excluding carboxylic acids is 1. The average molecular weight is 440 g/mol. The lowest BCUT2D eigenvalue weighted by atomic mass is 9.95. The lowest BCUT2D eigenvalue weighted by Crippen LogP contribution is -2.45. The molecule has 4 aromatic rings. The van der Waals surface area contributed by atoms with E-state index in [4.69, 9.17) is 5.73 Å². The summed E-state index contributed by atoms with van der Waals surface area (Å²) in [7, 11) is 0. The molecule has 6 heteroatoms. The molecule has 3 heterocycles. The van der Waals surface area contributed by atoms with Crippen molar-refractivity contribution in [2.75, 3.05) is 25.4 Å². The van der Waals surface area contributed by atoms with Crippen molar-refractivity contribution in [3.8, 4) is 0 Å². The standard InChI is InChI=1S/C27H29N5O/c1-17-3-8-22-23-13-19(14-30-26(23)27(28)31-24(22)11-17)4-5-20-6-7-21(12-18(20)2)25-15-29-9-10-32(25)16-33/h3,6-8,11-14,16,25,29H,4-5,9-10,15H2,1-2H3,(H2,28,31). The molecule has 2 aromatic heterocycles. The molecule has 0 spiro atoms. The predicted molar refractivity (Wildman–Crippen MR) is 133 cm³/mol. The average Bonchev–Trinajstić information content (AvgIpc) is 2.83. The summed E-state index contributed by atoms with van der Waals surface area (Å²) >= 11 is 0. The largest absolute Gasteiger partial charge is 0.382 e. The number of amides is 1. The van der Waals surface area contributed by atoms with Gasteiger partial charge in [0.05, 0.1) is 11.6 Å². The van der Waals surface area contributed by atoms with Gasteiger partial charge in [0, 0.05) is 36.6 Å². The second-order valence-electron chi connectivity index (χ2n) is 9.01. The van der Waals surface area contributed by atoms with Crippen LogP contribution in [0.25, 0.3) is 21.8 Å². The molecule has 2 aromatic carbocycles. The molecule has 1 aliphatic rings. The minimum atomic E-state index is 0.102. The Hall–Kier alpha value is -3.51. The molecule has 5 rings (SSSR count). The molecule has 1 amide bonds. The van der Waals surface area contributed by atoms with E-state index in [0.29, 0.717) is 5.82 Å².